The molecule has 2 atom stereocenters. The molecule has 0 spiro atoms. The predicted octanol–water partition coefficient (Wildman–Crippen LogP) is 7.36. The van der Waals surface area contributed by atoms with Crippen LogP contribution in [0.3, 0.4) is 0 Å². The highest BCUT2D eigenvalue weighted by Gasteiger charge is 2.50. The molecule has 2 aliphatic heterocycles. The number of nitrogens with zero attached hydrogens (tertiary/aromatic N) is 1. The number of ether oxygens (including phenoxy) is 2. The van der Waals surface area contributed by atoms with E-state index in [2.05, 4.69) is 29.7 Å². The van der Waals surface area contributed by atoms with Gasteiger partial charge < -0.3 is 14.4 Å². The monoisotopic (exact) mass is 726 g/mol. The van der Waals surface area contributed by atoms with Crippen molar-refractivity contribution in [1.29, 1.82) is 0 Å². The van der Waals surface area contributed by atoms with E-state index >= 15 is 0 Å². The number of rotatable bonds is 8. The van der Waals surface area contributed by atoms with E-state index in [0.717, 1.165) is 44.8 Å². The second-order valence-corrected chi connectivity index (χ2v) is 17.5. The van der Waals surface area contributed by atoms with Gasteiger partial charge in [-0.25, -0.2) is 23.5 Å². The maximum absolute atomic E-state index is 14.3. The Morgan fingerprint density at radius 3 is 2.33 bits per heavy atom. The molecule has 4 aromatic rings. The number of thiophene rings is 2. The molecular formula is C35H35ClN2O7S3. The van der Waals surface area contributed by atoms with Crippen LogP contribution in [0.25, 0.3) is 20.9 Å². The van der Waals surface area contributed by atoms with Crippen LogP contribution in [0, 0.1) is 0 Å². The molecule has 0 saturated carbocycles. The van der Waals surface area contributed by atoms with Crippen molar-refractivity contribution in [3.8, 4) is 20.9 Å². The Hall–Kier alpha value is -3.26. The van der Waals surface area contributed by atoms with Gasteiger partial charge in [0.1, 0.15) is 11.4 Å². The van der Waals surface area contributed by atoms with E-state index in [-0.39, 0.29) is 44.2 Å². The smallest absolute Gasteiger partial charge is 0.409 e. The van der Waals surface area contributed by atoms with E-state index < -0.39 is 32.9 Å². The van der Waals surface area contributed by atoms with Crippen LogP contribution in [0.2, 0.25) is 4.34 Å². The summed E-state index contributed by atoms with van der Waals surface area (Å²) < 4.78 is 39.1. The highest BCUT2D eigenvalue weighted by Crippen LogP contribution is 2.47. The third-order valence-electron chi connectivity index (χ3n) is 9.36. The summed E-state index contributed by atoms with van der Waals surface area (Å²) in [5, 5.41) is 0. The van der Waals surface area contributed by atoms with Crippen molar-refractivity contribution in [1.82, 2.24) is 10.4 Å². The molecule has 2 unspecified atom stereocenters. The van der Waals surface area contributed by atoms with Crippen LogP contribution < -0.4 is 5.48 Å². The lowest BCUT2D eigenvalue weighted by atomic mass is 9.97. The van der Waals surface area contributed by atoms with Gasteiger partial charge in [0, 0.05) is 46.7 Å². The minimum absolute atomic E-state index is 0.0119. The largest absolute Gasteiger partial charge is 0.448 e. The first kappa shape index (κ1) is 33.2. The number of benzene rings is 2. The molecule has 9 nitrogen and oxygen atoms in total. The molecule has 2 saturated heterocycles. The van der Waals surface area contributed by atoms with Gasteiger partial charge in [-0.05, 0) is 65.8 Å². The summed E-state index contributed by atoms with van der Waals surface area (Å²) in [6, 6.07) is 23.5. The third-order valence-corrected chi connectivity index (χ3v) is 14.7. The molecule has 0 radical (unpaired) electrons. The fourth-order valence-corrected chi connectivity index (χ4v) is 11.6. The highest BCUT2D eigenvalue weighted by atomic mass is 35.5. The molecule has 13 heteroatoms. The van der Waals surface area contributed by atoms with Crippen LogP contribution in [0.15, 0.2) is 72.8 Å². The number of carbonyl (C=O) groups is 2. The van der Waals surface area contributed by atoms with Gasteiger partial charge in [0.05, 0.1) is 16.5 Å². The van der Waals surface area contributed by atoms with Gasteiger partial charge in [-0.3, -0.25) is 4.79 Å². The van der Waals surface area contributed by atoms with Crippen molar-refractivity contribution in [3.63, 3.8) is 0 Å². The van der Waals surface area contributed by atoms with E-state index in [9.17, 15) is 18.0 Å². The lowest BCUT2D eigenvalue weighted by Crippen LogP contribution is -2.43. The molecule has 4 heterocycles. The highest BCUT2D eigenvalue weighted by molar-refractivity contribution is 7.92. The second kappa shape index (κ2) is 13.9. The fraction of sp³-hybridized carbons (Fsp3) is 0.371. The van der Waals surface area contributed by atoms with Crippen molar-refractivity contribution in [3.05, 3.63) is 93.1 Å². The molecule has 2 amide bonds. The van der Waals surface area contributed by atoms with Crippen LogP contribution in [0.1, 0.15) is 54.0 Å². The number of carbonyl (C=O) groups excluding carboxylic acids is 2. The van der Waals surface area contributed by atoms with Gasteiger partial charge in [-0.1, -0.05) is 60.1 Å². The Labute approximate surface area is 292 Å². The van der Waals surface area contributed by atoms with Crippen molar-refractivity contribution in [2.24, 2.45) is 0 Å². The van der Waals surface area contributed by atoms with Crippen molar-refractivity contribution in [2.45, 2.75) is 49.1 Å². The number of nitrogens with one attached hydrogen (secondary N) is 1. The minimum atomic E-state index is -3.96. The lowest BCUT2D eigenvalue weighted by Gasteiger charge is -2.31. The summed E-state index contributed by atoms with van der Waals surface area (Å²) in [5.74, 6) is -1.02. The Kier molecular flexibility index (Phi) is 9.65. The van der Waals surface area contributed by atoms with Crippen molar-refractivity contribution >= 4 is 56.1 Å². The topological polar surface area (TPSA) is 111 Å². The van der Waals surface area contributed by atoms with Crippen LogP contribution in [0.5, 0.6) is 0 Å². The number of sulfone groups is 1. The van der Waals surface area contributed by atoms with Gasteiger partial charge >= 0.3 is 6.09 Å². The number of halogens is 1. The molecule has 48 heavy (non-hydrogen) atoms. The van der Waals surface area contributed by atoms with Gasteiger partial charge in [-0.2, -0.15) is 0 Å². The molecule has 1 N–H and O–H groups in total. The SMILES string of the molecule is O=C(CC1(c2ccc(-c3ccc(Cl)s3)s2)CCN(C(=O)OCC2c3ccccc3-c3ccccc32)CCS1(=O)=O)NOC1CCCCO1. The lowest BCUT2D eigenvalue weighted by molar-refractivity contribution is -0.200. The summed E-state index contributed by atoms with van der Waals surface area (Å²) >= 11 is 8.91. The summed E-state index contributed by atoms with van der Waals surface area (Å²) in [4.78, 5) is 36.2. The average molecular weight is 727 g/mol. The van der Waals surface area contributed by atoms with Crippen LogP contribution >= 0.6 is 34.3 Å². The van der Waals surface area contributed by atoms with E-state index in [1.807, 2.05) is 36.4 Å². The van der Waals surface area contributed by atoms with E-state index in [1.54, 1.807) is 12.1 Å². The predicted molar refractivity (Wildman–Crippen MR) is 187 cm³/mol. The maximum atomic E-state index is 14.3. The van der Waals surface area contributed by atoms with Gasteiger partial charge in [0.25, 0.3) is 0 Å². The van der Waals surface area contributed by atoms with E-state index in [0.29, 0.717) is 22.2 Å². The Balaban J connectivity index is 1.11. The maximum Gasteiger partial charge on any atom is 0.409 e. The Morgan fingerprint density at radius 1 is 0.938 bits per heavy atom. The Morgan fingerprint density at radius 2 is 1.65 bits per heavy atom. The van der Waals surface area contributed by atoms with Crippen LogP contribution in [-0.4, -0.2) is 63.7 Å². The molecule has 7 rings (SSSR count). The number of amides is 2. The first-order valence-corrected chi connectivity index (χ1v) is 19.6. The quantitative estimate of drug-likeness (QED) is 0.189. The van der Waals surface area contributed by atoms with Crippen LogP contribution in [0.4, 0.5) is 4.79 Å². The number of hydrogen-bond donors (Lipinski definition) is 1. The molecule has 252 valence electrons. The van der Waals surface area contributed by atoms with Crippen LogP contribution in [-0.2, 0) is 33.7 Å². The van der Waals surface area contributed by atoms with Crippen molar-refractivity contribution in [2.75, 3.05) is 32.1 Å². The normalized spacial score (nSPS) is 22.0. The molecule has 0 bridgehead atoms. The standard InChI is InChI=1S/C35H35ClN2O7S3/c36-31-15-13-29(47-31)28-12-14-30(46-28)35(21-32(39)37-45-33-11-5-6-19-43-33)16-17-38(18-20-48(35,41)42)34(40)44-22-27-25-9-3-1-7-23(25)24-8-2-4-10-26(24)27/h1-4,7-10,12-15,27,33H,5-6,11,16-22H2,(H,37,39). The number of hydroxylamine groups is 1. The molecule has 2 aromatic carbocycles. The molecule has 2 fully saturated rings. The molecule has 3 aliphatic rings. The first-order valence-electron chi connectivity index (χ1n) is 16.0. The zero-order valence-electron chi connectivity index (χ0n) is 26.1. The summed E-state index contributed by atoms with van der Waals surface area (Å²) in [7, 11) is -3.96. The fourth-order valence-electron chi connectivity index (χ4n) is 6.83. The number of hydrogen-bond acceptors (Lipinski definition) is 9. The molecule has 2 aromatic heterocycles. The average Bonchev–Trinajstić information content (AvgIpc) is 3.82. The zero-order valence-corrected chi connectivity index (χ0v) is 29.3. The molecular weight excluding hydrogens is 692 g/mol. The van der Waals surface area contributed by atoms with Gasteiger partial charge in [0.2, 0.25) is 5.91 Å². The van der Waals surface area contributed by atoms with Gasteiger partial charge in [-0.15, -0.1) is 22.7 Å². The first-order chi connectivity index (χ1) is 23.2. The van der Waals surface area contributed by atoms with Crippen molar-refractivity contribution < 1.29 is 32.3 Å². The number of fused-ring (bicyclic) bond motifs is 3. The summed E-state index contributed by atoms with van der Waals surface area (Å²) in [6.45, 7) is 0.707. The van der Waals surface area contributed by atoms with E-state index in [4.69, 9.17) is 25.9 Å². The zero-order chi connectivity index (χ0) is 33.3. The second-order valence-electron chi connectivity index (χ2n) is 12.2. The molecule has 1 aliphatic carbocycles. The summed E-state index contributed by atoms with van der Waals surface area (Å²) in [5.41, 5.74) is 6.88. The van der Waals surface area contributed by atoms with E-state index in [1.165, 1.54) is 27.6 Å². The minimum Gasteiger partial charge on any atom is -0.448 e. The summed E-state index contributed by atoms with van der Waals surface area (Å²) in [6.07, 6.45) is 0.955. The van der Waals surface area contributed by atoms with Gasteiger partial charge in [0.15, 0.2) is 16.1 Å². The Bertz CT molecular complexity index is 1870. The third kappa shape index (κ3) is 6.54.